The van der Waals surface area contributed by atoms with Crippen molar-refractivity contribution in [3.05, 3.63) is 90.6 Å². The first-order valence-corrected chi connectivity index (χ1v) is 13.0. The van der Waals surface area contributed by atoms with Gasteiger partial charge >= 0.3 is 5.97 Å². The first-order chi connectivity index (χ1) is 17.9. The van der Waals surface area contributed by atoms with Gasteiger partial charge in [-0.3, -0.25) is 14.2 Å². The van der Waals surface area contributed by atoms with Crippen molar-refractivity contribution in [2.45, 2.75) is 32.7 Å². The number of esters is 1. The summed E-state index contributed by atoms with van der Waals surface area (Å²) >= 11 is 1.18. The number of allylic oxidation sites excluding steroid dienone is 1. The predicted molar refractivity (Wildman–Crippen MR) is 141 cm³/mol. The lowest BCUT2D eigenvalue weighted by molar-refractivity contribution is -0.139. The molecule has 0 spiro atoms. The molecule has 0 N–H and O–H groups in total. The summed E-state index contributed by atoms with van der Waals surface area (Å²) in [4.78, 5) is 47.5. The molecule has 0 aliphatic carbocycles. The Kier molecular flexibility index (Phi) is 6.55. The molecule has 190 valence electrons. The van der Waals surface area contributed by atoms with E-state index in [9.17, 15) is 14.4 Å². The summed E-state index contributed by atoms with van der Waals surface area (Å²) in [6.07, 6.45) is 1.29. The molecule has 3 aromatic rings. The highest BCUT2D eigenvalue weighted by Gasteiger charge is 2.37. The van der Waals surface area contributed by atoms with Gasteiger partial charge in [0.25, 0.3) is 11.5 Å². The van der Waals surface area contributed by atoms with Crippen LogP contribution in [0.25, 0.3) is 5.57 Å². The molecule has 1 atom stereocenters. The van der Waals surface area contributed by atoms with Gasteiger partial charge in [0.2, 0.25) is 0 Å². The second-order valence-corrected chi connectivity index (χ2v) is 9.74. The number of nitrogens with zero attached hydrogens (tertiary/aromatic N) is 3. The molecule has 0 radical (unpaired) electrons. The van der Waals surface area contributed by atoms with E-state index in [-0.39, 0.29) is 18.1 Å². The van der Waals surface area contributed by atoms with Crippen LogP contribution >= 0.6 is 11.3 Å². The molecular formula is C28H27N3O5S. The number of methoxy groups -OCH3 is 1. The Balaban J connectivity index is 1.86. The van der Waals surface area contributed by atoms with E-state index in [0.717, 1.165) is 12.1 Å². The standard InChI is InChI=1S/C28H27N3O5S/c1-5-10-19-22(27(34)36-6-2)23(16-11-9-12-17(15-16)35-4)31-26(33)24(37-28(31)29-19)21-18-13-7-8-14-20(18)30(3)25(21)32/h7-9,11-15,23H,5-6,10H2,1-4H3/b24-21-/t23-/m0/s1. The minimum Gasteiger partial charge on any atom is -0.497 e. The van der Waals surface area contributed by atoms with Crippen molar-refractivity contribution in [2.24, 2.45) is 4.99 Å². The fraction of sp³-hybridized carbons (Fsp3) is 0.286. The van der Waals surface area contributed by atoms with Gasteiger partial charge in [-0.2, -0.15) is 0 Å². The smallest absolute Gasteiger partial charge is 0.338 e. The first kappa shape index (κ1) is 24.7. The zero-order valence-corrected chi connectivity index (χ0v) is 21.9. The summed E-state index contributed by atoms with van der Waals surface area (Å²) in [5.74, 6) is -0.161. The number of hydrogen-bond acceptors (Lipinski definition) is 7. The molecule has 1 aromatic heterocycles. The number of ether oxygens (including phenoxy) is 2. The summed E-state index contributed by atoms with van der Waals surface area (Å²) in [5.41, 5.74) is 3.04. The lowest BCUT2D eigenvalue weighted by atomic mass is 9.94. The average molecular weight is 518 g/mol. The molecule has 9 heteroatoms. The third-order valence-corrected chi connectivity index (χ3v) is 7.61. The molecule has 0 fully saturated rings. The Morgan fingerprint density at radius 1 is 1.11 bits per heavy atom. The van der Waals surface area contributed by atoms with Crippen molar-refractivity contribution < 1.29 is 19.1 Å². The number of benzene rings is 2. The number of carbonyl (C=O) groups excluding carboxylic acids is 2. The summed E-state index contributed by atoms with van der Waals surface area (Å²) in [5, 5.41) is 0. The number of rotatable bonds is 6. The van der Waals surface area contributed by atoms with Crippen molar-refractivity contribution in [1.29, 1.82) is 0 Å². The Morgan fingerprint density at radius 3 is 2.62 bits per heavy atom. The van der Waals surface area contributed by atoms with Crippen LogP contribution in [0.3, 0.4) is 0 Å². The summed E-state index contributed by atoms with van der Waals surface area (Å²) in [6, 6.07) is 13.9. The highest BCUT2D eigenvalue weighted by molar-refractivity contribution is 7.07. The molecule has 0 unspecified atom stereocenters. The van der Waals surface area contributed by atoms with Crippen LogP contribution in [0.15, 0.2) is 69.6 Å². The van der Waals surface area contributed by atoms with Gasteiger partial charge in [-0.15, -0.1) is 0 Å². The lowest BCUT2D eigenvalue weighted by Gasteiger charge is -2.26. The maximum Gasteiger partial charge on any atom is 0.338 e. The minimum absolute atomic E-state index is 0.193. The molecule has 2 aliphatic heterocycles. The Labute approximate surface area is 217 Å². The van der Waals surface area contributed by atoms with Crippen LogP contribution in [0.5, 0.6) is 5.75 Å². The van der Waals surface area contributed by atoms with Crippen LogP contribution in [-0.4, -0.2) is 37.2 Å². The topological polar surface area (TPSA) is 90.2 Å². The zero-order valence-electron chi connectivity index (χ0n) is 21.1. The maximum absolute atomic E-state index is 14.1. The van der Waals surface area contributed by atoms with Crippen LogP contribution in [0.1, 0.15) is 43.9 Å². The van der Waals surface area contributed by atoms with Crippen LogP contribution in [-0.2, 0) is 14.3 Å². The number of fused-ring (bicyclic) bond motifs is 2. The second-order valence-electron chi connectivity index (χ2n) is 8.77. The van der Waals surface area contributed by atoms with Gasteiger partial charge in [0.05, 0.1) is 42.3 Å². The number of carbonyl (C=O) groups is 2. The number of aromatic nitrogens is 1. The van der Waals surface area contributed by atoms with Gasteiger partial charge in [0.1, 0.15) is 10.3 Å². The average Bonchev–Trinajstić information content (AvgIpc) is 3.36. The first-order valence-electron chi connectivity index (χ1n) is 12.2. The molecule has 0 saturated carbocycles. The zero-order chi connectivity index (χ0) is 26.3. The number of likely N-dealkylation sites (N-methyl/N-ethyl adjacent to an activating group) is 1. The normalized spacial score (nSPS) is 17.9. The monoisotopic (exact) mass is 517 g/mol. The second kappa shape index (κ2) is 9.82. The molecule has 0 saturated heterocycles. The van der Waals surface area contributed by atoms with E-state index in [1.54, 1.807) is 32.0 Å². The quantitative estimate of drug-likeness (QED) is 0.469. The van der Waals surface area contributed by atoms with E-state index < -0.39 is 12.0 Å². The third kappa shape index (κ3) is 3.99. The van der Waals surface area contributed by atoms with E-state index in [4.69, 9.17) is 14.5 Å². The van der Waals surface area contributed by atoms with Gasteiger partial charge in [-0.05, 0) is 37.1 Å². The fourth-order valence-electron chi connectivity index (χ4n) is 4.89. The number of amides is 1. The van der Waals surface area contributed by atoms with E-state index in [0.29, 0.717) is 49.5 Å². The maximum atomic E-state index is 14.1. The molecule has 2 aliphatic rings. The number of para-hydroxylation sites is 1. The molecule has 1 amide bonds. The Morgan fingerprint density at radius 2 is 1.89 bits per heavy atom. The fourth-order valence-corrected chi connectivity index (χ4v) is 6.00. The van der Waals surface area contributed by atoms with Crippen molar-refractivity contribution in [2.75, 3.05) is 25.7 Å². The lowest BCUT2D eigenvalue weighted by Crippen LogP contribution is -2.41. The van der Waals surface area contributed by atoms with E-state index in [1.165, 1.54) is 15.9 Å². The van der Waals surface area contributed by atoms with Gasteiger partial charge in [-0.25, -0.2) is 9.79 Å². The highest BCUT2D eigenvalue weighted by Crippen LogP contribution is 2.35. The third-order valence-electron chi connectivity index (χ3n) is 6.56. The largest absolute Gasteiger partial charge is 0.497 e. The van der Waals surface area contributed by atoms with Crippen molar-refractivity contribution >= 4 is 34.5 Å². The van der Waals surface area contributed by atoms with E-state index >= 15 is 0 Å². The van der Waals surface area contributed by atoms with Gasteiger partial charge in [0.15, 0.2) is 4.80 Å². The number of anilines is 1. The predicted octanol–water partition coefficient (Wildman–Crippen LogP) is 2.93. The van der Waals surface area contributed by atoms with Crippen molar-refractivity contribution in [3.8, 4) is 5.75 Å². The Hall–Kier alpha value is -3.98. The van der Waals surface area contributed by atoms with Crippen LogP contribution in [0, 0.1) is 0 Å². The van der Waals surface area contributed by atoms with Crippen LogP contribution in [0.4, 0.5) is 5.69 Å². The molecule has 0 bridgehead atoms. The molecule has 37 heavy (non-hydrogen) atoms. The number of thiazole rings is 1. The summed E-state index contributed by atoms with van der Waals surface area (Å²) in [6.45, 7) is 3.95. The van der Waals surface area contributed by atoms with E-state index in [1.807, 2.05) is 49.4 Å². The van der Waals surface area contributed by atoms with Crippen LogP contribution in [0.2, 0.25) is 0 Å². The molecule has 2 aromatic carbocycles. The summed E-state index contributed by atoms with van der Waals surface area (Å²) in [7, 11) is 3.26. The number of hydrogen-bond donors (Lipinski definition) is 0. The summed E-state index contributed by atoms with van der Waals surface area (Å²) < 4.78 is 12.7. The Bertz CT molecular complexity index is 1630. The van der Waals surface area contributed by atoms with Gasteiger partial charge < -0.3 is 14.4 Å². The SMILES string of the molecule is CCCC1=C(C(=O)OCC)[C@H](c2cccc(OC)c2)n2c(s/c(=C3\C(=O)N(C)c4ccccc43)c2=O)=N1. The van der Waals surface area contributed by atoms with Gasteiger partial charge in [-0.1, -0.05) is 55.0 Å². The van der Waals surface area contributed by atoms with Crippen LogP contribution < -0.4 is 24.5 Å². The minimum atomic E-state index is -0.772. The molecule has 3 heterocycles. The molecular weight excluding hydrogens is 490 g/mol. The van der Waals surface area contributed by atoms with E-state index in [2.05, 4.69) is 0 Å². The van der Waals surface area contributed by atoms with Crippen molar-refractivity contribution in [1.82, 2.24) is 4.57 Å². The van der Waals surface area contributed by atoms with Crippen molar-refractivity contribution in [3.63, 3.8) is 0 Å². The highest BCUT2D eigenvalue weighted by atomic mass is 32.1. The molecule has 5 rings (SSSR count). The van der Waals surface area contributed by atoms with Gasteiger partial charge in [0, 0.05) is 12.6 Å². The molecule has 8 nitrogen and oxygen atoms in total.